The van der Waals surface area contributed by atoms with Crippen molar-refractivity contribution in [2.24, 2.45) is 5.92 Å². The molecule has 5 heteroatoms. The van der Waals surface area contributed by atoms with Crippen LogP contribution in [0.5, 0.6) is 11.5 Å². The van der Waals surface area contributed by atoms with Gasteiger partial charge in [-0.2, -0.15) is 0 Å². The molecule has 0 aliphatic carbocycles. The summed E-state index contributed by atoms with van der Waals surface area (Å²) in [6, 6.07) is 7.41. The molecule has 1 aliphatic heterocycles. The number of piperidine rings is 1. The predicted molar refractivity (Wildman–Crippen MR) is 86.3 cm³/mol. The van der Waals surface area contributed by atoms with Gasteiger partial charge in [-0.1, -0.05) is 0 Å². The molecule has 1 heterocycles. The van der Waals surface area contributed by atoms with Gasteiger partial charge >= 0.3 is 0 Å². The minimum absolute atomic E-state index is 0.191. The Labute approximate surface area is 132 Å². The molecule has 0 bridgehead atoms. The molecule has 1 aliphatic rings. The highest BCUT2D eigenvalue weighted by Crippen LogP contribution is 2.18. The van der Waals surface area contributed by atoms with Gasteiger partial charge < -0.3 is 19.7 Å². The Kier molecular flexibility index (Phi) is 6.52. The molecule has 1 aromatic rings. The minimum atomic E-state index is 0.191. The zero-order chi connectivity index (χ0) is 15.8. The molecule has 5 nitrogen and oxygen atoms in total. The number of benzene rings is 1. The zero-order valence-corrected chi connectivity index (χ0v) is 13.5. The van der Waals surface area contributed by atoms with E-state index >= 15 is 0 Å². The molecule has 1 N–H and O–H groups in total. The Hall–Kier alpha value is -1.75. The molecular formula is C17H26N2O3. The van der Waals surface area contributed by atoms with Crippen LogP contribution in [0.25, 0.3) is 0 Å². The third-order valence-corrected chi connectivity index (χ3v) is 4.10. The summed E-state index contributed by atoms with van der Waals surface area (Å²) in [5.41, 5.74) is 0. The van der Waals surface area contributed by atoms with Crippen molar-refractivity contribution in [3.63, 3.8) is 0 Å². The van der Waals surface area contributed by atoms with Crippen molar-refractivity contribution in [1.82, 2.24) is 10.2 Å². The molecular weight excluding hydrogens is 280 g/mol. The summed E-state index contributed by atoms with van der Waals surface area (Å²) in [6.07, 6.45) is 2.61. The fraction of sp³-hybridized carbons (Fsp3) is 0.588. The van der Waals surface area contributed by atoms with Crippen LogP contribution >= 0.6 is 0 Å². The summed E-state index contributed by atoms with van der Waals surface area (Å²) in [4.78, 5) is 14.1. The summed E-state index contributed by atoms with van der Waals surface area (Å²) in [6.45, 7) is 3.20. The number of hydrogen-bond donors (Lipinski definition) is 1. The van der Waals surface area contributed by atoms with Gasteiger partial charge in [0, 0.05) is 13.1 Å². The lowest BCUT2D eigenvalue weighted by Crippen LogP contribution is -2.40. The number of ether oxygens (including phenoxy) is 2. The van der Waals surface area contributed by atoms with Crippen LogP contribution in [0.4, 0.5) is 0 Å². The van der Waals surface area contributed by atoms with Crippen LogP contribution in [-0.4, -0.2) is 51.2 Å². The first-order valence-corrected chi connectivity index (χ1v) is 7.92. The van der Waals surface area contributed by atoms with Gasteiger partial charge in [0.05, 0.1) is 20.1 Å². The summed E-state index contributed by atoms with van der Waals surface area (Å²) >= 11 is 0. The van der Waals surface area contributed by atoms with E-state index in [1.165, 1.54) is 0 Å². The van der Waals surface area contributed by atoms with E-state index in [1.54, 1.807) is 7.11 Å². The third-order valence-electron chi connectivity index (χ3n) is 4.10. The molecule has 1 amide bonds. The van der Waals surface area contributed by atoms with Crippen molar-refractivity contribution < 1.29 is 14.3 Å². The fourth-order valence-corrected chi connectivity index (χ4v) is 2.76. The van der Waals surface area contributed by atoms with Crippen molar-refractivity contribution in [3.05, 3.63) is 24.3 Å². The van der Waals surface area contributed by atoms with Crippen LogP contribution in [0.3, 0.4) is 0 Å². The van der Waals surface area contributed by atoms with Crippen molar-refractivity contribution in [3.8, 4) is 11.5 Å². The monoisotopic (exact) mass is 306 g/mol. The van der Waals surface area contributed by atoms with E-state index in [1.807, 2.05) is 36.2 Å². The van der Waals surface area contributed by atoms with Crippen molar-refractivity contribution >= 4 is 5.91 Å². The number of hydrogen-bond acceptors (Lipinski definition) is 4. The van der Waals surface area contributed by atoms with Crippen LogP contribution in [0, 0.1) is 5.92 Å². The van der Waals surface area contributed by atoms with E-state index in [2.05, 4.69) is 5.32 Å². The largest absolute Gasteiger partial charge is 0.497 e. The van der Waals surface area contributed by atoms with E-state index in [-0.39, 0.29) is 5.91 Å². The molecule has 22 heavy (non-hydrogen) atoms. The molecule has 122 valence electrons. The standard InChI is InChI=1S/C17H26N2O3/c1-18-13-14-7-10-19(11-8-14)17(20)9-12-22-16-5-3-15(21-2)4-6-16/h3-6,14,18H,7-13H2,1-2H3. The van der Waals surface area contributed by atoms with Crippen molar-refractivity contribution in [1.29, 1.82) is 0 Å². The van der Waals surface area contributed by atoms with Crippen LogP contribution in [-0.2, 0) is 4.79 Å². The Balaban J connectivity index is 1.67. The molecule has 1 saturated heterocycles. The number of carbonyl (C=O) groups excluding carboxylic acids is 1. The average Bonchev–Trinajstić information content (AvgIpc) is 2.56. The highest BCUT2D eigenvalue weighted by molar-refractivity contribution is 5.76. The first kappa shape index (κ1) is 16.6. The lowest BCUT2D eigenvalue weighted by atomic mass is 9.97. The van der Waals surface area contributed by atoms with Gasteiger partial charge in [0.1, 0.15) is 11.5 Å². The molecule has 0 spiro atoms. The lowest BCUT2D eigenvalue weighted by molar-refractivity contribution is -0.133. The van der Waals surface area contributed by atoms with Gasteiger partial charge in [0.15, 0.2) is 0 Å². The fourth-order valence-electron chi connectivity index (χ4n) is 2.76. The number of amides is 1. The number of nitrogens with one attached hydrogen (secondary N) is 1. The molecule has 0 saturated carbocycles. The normalized spacial score (nSPS) is 15.6. The topological polar surface area (TPSA) is 50.8 Å². The highest BCUT2D eigenvalue weighted by atomic mass is 16.5. The summed E-state index contributed by atoms with van der Waals surface area (Å²) in [5, 5.41) is 3.21. The van der Waals surface area contributed by atoms with Crippen LogP contribution in [0.15, 0.2) is 24.3 Å². The van der Waals surface area contributed by atoms with Gasteiger partial charge in [-0.25, -0.2) is 0 Å². The average molecular weight is 306 g/mol. The predicted octanol–water partition coefficient (Wildman–Crippen LogP) is 1.92. The van der Waals surface area contributed by atoms with Gasteiger partial charge in [-0.15, -0.1) is 0 Å². The second-order valence-corrected chi connectivity index (χ2v) is 5.66. The molecule has 0 unspecified atom stereocenters. The summed E-state index contributed by atoms with van der Waals surface area (Å²) in [5.74, 6) is 2.45. The Morgan fingerprint density at radius 1 is 1.23 bits per heavy atom. The lowest BCUT2D eigenvalue weighted by Gasteiger charge is -2.32. The van der Waals surface area contributed by atoms with E-state index in [4.69, 9.17) is 9.47 Å². The van der Waals surface area contributed by atoms with E-state index in [0.29, 0.717) is 18.9 Å². The van der Waals surface area contributed by atoms with E-state index < -0.39 is 0 Å². The summed E-state index contributed by atoms with van der Waals surface area (Å²) < 4.78 is 10.7. The smallest absolute Gasteiger partial charge is 0.225 e. The number of likely N-dealkylation sites (tertiary alicyclic amines) is 1. The second-order valence-electron chi connectivity index (χ2n) is 5.66. The van der Waals surface area contributed by atoms with E-state index in [0.717, 1.165) is 44.0 Å². The number of nitrogens with zero attached hydrogens (tertiary/aromatic N) is 1. The summed E-state index contributed by atoms with van der Waals surface area (Å²) in [7, 11) is 3.61. The quantitative estimate of drug-likeness (QED) is 0.836. The van der Waals surface area contributed by atoms with Crippen LogP contribution in [0.1, 0.15) is 19.3 Å². The molecule has 0 aromatic heterocycles. The number of carbonyl (C=O) groups is 1. The molecule has 0 atom stereocenters. The van der Waals surface area contributed by atoms with Gasteiger partial charge in [0.25, 0.3) is 0 Å². The zero-order valence-electron chi connectivity index (χ0n) is 13.5. The SMILES string of the molecule is CNCC1CCN(C(=O)CCOc2ccc(OC)cc2)CC1. The van der Waals surface area contributed by atoms with Gasteiger partial charge in [-0.05, 0) is 56.6 Å². The highest BCUT2D eigenvalue weighted by Gasteiger charge is 2.21. The second kappa shape index (κ2) is 8.63. The molecule has 2 rings (SSSR count). The Bertz CT molecular complexity index is 453. The van der Waals surface area contributed by atoms with Gasteiger partial charge in [0.2, 0.25) is 5.91 Å². The van der Waals surface area contributed by atoms with Crippen LogP contribution < -0.4 is 14.8 Å². The molecule has 0 radical (unpaired) electrons. The number of methoxy groups -OCH3 is 1. The minimum Gasteiger partial charge on any atom is -0.497 e. The maximum Gasteiger partial charge on any atom is 0.225 e. The maximum absolute atomic E-state index is 12.2. The third kappa shape index (κ3) is 4.91. The van der Waals surface area contributed by atoms with Crippen molar-refractivity contribution in [2.45, 2.75) is 19.3 Å². The van der Waals surface area contributed by atoms with E-state index in [9.17, 15) is 4.79 Å². The van der Waals surface area contributed by atoms with Crippen molar-refractivity contribution in [2.75, 3.05) is 40.4 Å². The first-order chi connectivity index (χ1) is 10.7. The van der Waals surface area contributed by atoms with Crippen LogP contribution in [0.2, 0.25) is 0 Å². The molecule has 1 fully saturated rings. The Morgan fingerprint density at radius 2 is 1.86 bits per heavy atom. The first-order valence-electron chi connectivity index (χ1n) is 7.92. The maximum atomic E-state index is 12.2. The number of rotatable bonds is 7. The van der Waals surface area contributed by atoms with Gasteiger partial charge in [-0.3, -0.25) is 4.79 Å². The Morgan fingerprint density at radius 3 is 2.45 bits per heavy atom. The molecule has 1 aromatic carbocycles.